The Hall–Kier alpha value is -2.50. The first-order valence-electron chi connectivity index (χ1n) is 6.45. The van der Waals surface area contributed by atoms with Gasteiger partial charge in [0.05, 0.1) is 11.5 Å². The summed E-state index contributed by atoms with van der Waals surface area (Å²) in [5.41, 5.74) is -0.127. The number of ether oxygens (including phenoxy) is 1. The lowest BCUT2D eigenvalue weighted by Gasteiger charge is -2.10. The van der Waals surface area contributed by atoms with Crippen LogP contribution in [0.5, 0.6) is 11.5 Å². The average molecular weight is 310 g/mol. The number of rotatable bonds is 4. The highest BCUT2D eigenvalue weighted by molar-refractivity contribution is 5.75. The minimum absolute atomic E-state index is 0.270. The first-order chi connectivity index (χ1) is 10.3. The van der Waals surface area contributed by atoms with E-state index in [4.69, 9.17) is 9.84 Å². The number of hydrogen-bond acceptors (Lipinski definition) is 2. The number of carboxylic acid groups (broad SMARTS) is 1. The quantitative estimate of drug-likeness (QED) is 0.891. The molecule has 22 heavy (non-hydrogen) atoms. The van der Waals surface area contributed by atoms with Crippen molar-refractivity contribution in [2.45, 2.75) is 19.0 Å². The predicted molar refractivity (Wildman–Crippen MR) is 74.0 cm³/mol. The summed E-state index contributed by atoms with van der Waals surface area (Å²) in [5.74, 6) is -0.885. The van der Waals surface area contributed by atoms with Crippen molar-refractivity contribution < 1.29 is 27.8 Å². The Morgan fingerprint density at radius 2 is 1.45 bits per heavy atom. The van der Waals surface area contributed by atoms with Crippen molar-refractivity contribution in [3.8, 4) is 11.5 Å². The molecule has 0 aromatic heterocycles. The average Bonchev–Trinajstić information content (AvgIpc) is 2.47. The van der Waals surface area contributed by atoms with Crippen molar-refractivity contribution in [2.75, 3.05) is 0 Å². The molecule has 0 bridgehead atoms. The highest BCUT2D eigenvalue weighted by Gasteiger charge is 2.30. The zero-order valence-electron chi connectivity index (χ0n) is 11.6. The summed E-state index contributed by atoms with van der Waals surface area (Å²) in [5, 5.41) is 8.91. The van der Waals surface area contributed by atoms with Crippen LogP contribution in [0, 0.1) is 0 Å². The molecule has 6 heteroatoms. The van der Waals surface area contributed by atoms with Crippen LogP contribution in [-0.2, 0) is 11.0 Å². The van der Waals surface area contributed by atoms with Crippen molar-refractivity contribution in [3.63, 3.8) is 0 Å². The highest BCUT2D eigenvalue weighted by atomic mass is 19.4. The highest BCUT2D eigenvalue weighted by Crippen LogP contribution is 2.31. The Balaban J connectivity index is 2.09. The maximum Gasteiger partial charge on any atom is 0.416 e. The van der Waals surface area contributed by atoms with E-state index in [0.29, 0.717) is 11.3 Å². The van der Waals surface area contributed by atoms with Gasteiger partial charge in [-0.25, -0.2) is 0 Å². The van der Waals surface area contributed by atoms with Crippen LogP contribution >= 0.6 is 0 Å². The Kier molecular flexibility index (Phi) is 4.40. The number of hydrogen-bond donors (Lipinski definition) is 1. The van der Waals surface area contributed by atoms with E-state index in [-0.39, 0.29) is 5.75 Å². The Morgan fingerprint density at radius 3 is 1.86 bits per heavy atom. The summed E-state index contributed by atoms with van der Waals surface area (Å²) in [6.07, 6.45) is -4.38. The number of aliphatic carboxylic acids is 1. The molecule has 0 radical (unpaired) electrons. The van der Waals surface area contributed by atoms with Crippen LogP contribution in [0.3, 0.4) is 0 Å². The Labute approximate surface area is 125 Å². The van der Waals surface area contributed by atoms with Crippen LogP contribution in [0.2, 0.25) is 0 Å². The van der Waals surface area contributed by atoms with Gasteiger partial charge in [-0.1, -0.05) is 12.1 Å². The standard InChI is InChI=1S/C16H13F3O3/c1-10(15(20)21)11-2-6-13(7-3-11)22-14-8-4-12(5-9-14)16(17,18)19/h2-10H,1H3,(H,20,21). The summed E-state index contributed by atoms with van der Waals surface area (Å²) in [6.45, 7) is 1.56. The normalized spacial score (nSPS) is 12.7. The third kappa shape index (κ3) is 3.78. The van der Waals surface area contributed by atoms with Crippen molar-refractivity contribution in [1.29, 1.82) is 0 Å². The second-order valence-corrected chi connectivity index (χ2v) is 4.75. The third-order valence-corrected chi connectivity index (χ3v) is 3.17. The third-order valence-electron chi connectivity index (χ3n) is 3.17. The van der Waals surface area contributed by atoms with Crippen LogP contribution in [-0.4, -0.2) is 11.1 Å². The Bertz CT molecular complexity index is 646. The maximum absolute atomic E-state index is 12.4. The molecule has 1 N–H and O–H groups in total. The summed E-state index contributed by atoms with van der Waals surface area (Å²) in [6, 6.07) is 10.7. The van der Waals surface area contributed by atoms with Gasteiger partial charge in [0.25, 0.3) is 0 Å². The molecule has 116 valence electrons. The molecule has 0 saturated carbocycles. The lowest BCUT2D eigenvalue weighted by molar-refractivity contribution is -0.138. The smallest absolute Gasteiger partial charge is 0.416 e. The molecule has 2 rings (SSSR count). The molecule has 0 spiro atoms. The van der Waals surface area contributed by atoms with Crippen molar-refractivity contribution >= 4 is 5.97 Å². The molecular formula is C16H13F3O3. The minimum atomic E-state index is -4.38. The predicted octanol–water partition coefficient (Wildman–Crippen LogP) is 4.69. The molecular weight excluding hydrogens is 297 g/mol. The van der Waals surface area contributed by atoms with Crippen molar-refractivity contribution in [1.82, 2.24) is 0 Å². The van der Waals surface area contributed by atoms with E-state index < -0.39 is 23.6 Å². The second-order valence-electron chi connectivity index (χ2n) is 4.75. The molecule has 0 saturated heterocycles. The van der Waals surface area contributed by atoms with Crippen LogP contribution in [0.1, 0.15) is 24.0 Å². The molecule has 1 unspecified atom stereocenters. The zero-order valence-corrected chi connectivity index (χ0v) is 11.6. The molecule has 0 aliphatic heterocycles. The molecule has 1 atom stereocenters. The number of alkyl halides is 3. The first kappa shape index (κ1) is 15.9. The van der Waals surface area contributed by atoms with E-state index in [1.165, 1.54) is 12.1 Å². The van der Waals surface area contributed by atoms with Gasteiger partial charge in [-0.2, -0.15) is 13.2 Å². The fraction of sp³-hybridized carbons (Fsp3) is 0.188. The summed E-state index contributed by atoms with van der Waals surface area (Å²) >= 11 is 0. The van der Waals surface area contributed by atoms with Crippen LogP contribution in [0.25, 0.3) is 0 Å². The lowest BCUT2D eigenvalue weighted by Crippen LogP contribution is -2.06. The molecule has 0 aliphatic rings. The molecule has 0 heterocycles. The fourth-order valence-electron chi connectivity index (χ4n) is 1.82. The molecule has 0 aliphatic carbocycles. The first-order valence-corrected chi connectivity index (χ1v) is 6.45. The topological polar surface area (TPSA) is 46.5 Å². The van der Waals surface area contributed by atoms with Gasteiger partial charge in [-0.05, 0) is 48.9 Å². The van der Waals surface area contributed by atoms with Gasteiger partial charge < -0.3 is 9.84 Å². The van der Waals surface area contributed by atoms with Gasteiger partial charge >= 0.3 is 12.1 Å². The van der Waals surface area contributed by atoms with Crippen molar-refractivity contribution in [3.05, 3.63) is 59.7 Å². The summed E-state index contributed by atoms with van der Waals surface area (Å²) in [7, 11) is 0. The molecule has 3 nitrogen and oxygen atoms in total. The lowest BCUT2D eigenvalue weighted by atomic mass is 10.0. The van der Waals surface area contributed by atoms with E-state index in [9.17, 15) is 18.0 Å². The summed E-state index contributed by atoms with van der Waals surface area (Å²) in [4.78, 5) is 10.9. The minimum Gasteiger partial charge on any atom is -0.481 e. The Morgan fingerprint density at radius 1 is 1.00 bits per heavy atom. The monoisotopic (exact) mass is 310 g/mol. The van der Waals surface area contributed by atoms with E-state index in [0.717, 1.165) is 12.1 Å². The molecule has 2 aromatic rings. The van der Waals surface area contributed by atoms with Gasteiger partial charge in [0, 0.05) is 0 Å². The van der Waals surface area contributed by atoms with Gasteiger partial charge in [-0.3, -0.25) is 4.79 Å². The van der Waals surface area contributed by atoms with Gasteiger partial charge in [0.15, 0.2) is 0 Å². The maximum atomic E-state index is 12.4. The van der Waals surface area contributed by atoms with Gasteiger partial charge in [0.2, 0.25) is 0 Å². The van der Waals surface area contributed by atoms with Gasteiger partial charge in [0.1, 0.15) is 11.5 Å². The van der Waals surface area contributed by atoms with Crippen molar-refractivity contribution in [2.24, 2.45) is 0 Å². The van der Waals surface area contributed by atoms with Gasteiger partial charge in [-0.15, -0.1) is 0 Å². The van der Waals surface area contributed by atoms with E-state index in [2.05, 4.69) is 0 Å². The van der Waals surface area contributed by atoms with Crippen LogP contribution in [0.15, 0.2) is 48.5 Å². The SMILES string of the molecule is CC(C(=O)O)c1ccc(Oc2ccc(C(F)(F)F)cc2)cc1. The van der Waals surface area contributed by atoms with E-state index in [1.807, 2.05) is 0 Å². The van der Waals surface area contributed by atoms with E-state index in [1.54, 1.807) is 31.2 Å². The van der Waals surface area contributed by atoms with Crippen LogP contribution < -0.4 is 4.74 Å². The fourth-order valence-corrected chi connectivity index (χ4v) is 1.82. The molecule has 2 aromatic carbocycles. The summed E-state index contributed by atoms with van der Waals surface area (Å²) < 4.78 is 42.8. The number of carbonyl (C=O) groups is 1. The number of halogens is 3. The van der Waals surface area contributed by atoms with E-state index >= 15 is 0 Å². The van der Waals surface area contributed by atoms with Crippen LogP contribution in [0.4, 0.5) is 13.2 Å². The largest absolute Gasteiger partial charge is 0.481 e. The molecule has 0 fully saturated rings. The second kappa shape index (κ2) is 6.09. The molecule has 0 amide bonds. The number of carboxylic acids is 1. The number of benzene rings is 2. The zero-order chi connectivity index (χ0) is 16.3.